The first kappa shape index (κ1) is 16.2. The van der Waals surface area contributed by atoms with E-state index in [2.05, 4.69) is 13.8 Å². The first-order valence-corrected chi connectivity index (χ1v) is 9.91. The van der Waals surface area contributed by atoms with Gasteiger partial charge in [0.1, 0.15) is 0 Å². The van der Waals surface area contributed by atoms with Crippen LogP contribution in [0.3, 0.4) is 0 Å². The van der Waals surface area contributed by atoms with Crippen LogP contribution in [-0.4, -0.2) is 9.52 Å². The van der Waals surface area contributed by atoms with E-state index in [-0.39, 0.29) is 0 Å². The summed E-state index contributed by atoms with van der Waals surface area (Å²) >= 11 is 0. The van der Waals surface area contributed by atoms with E-state index in [1.165, 1.54) is 64.2 Å². The molecule has 0 saturated carbocycles. The second-order valence-electron chi connectivity index (χ2n) is 5.24. The minimum atomic E-state index is 0.358. The van der Waals surface area contributed by atoms with E-state index in [1.54, 1.807) is 18.5 Å². The van der Waals surface area contributed by atoms with Crippen LogP contribution in [0.5, 0.6) is 0 Å². The summed E-state index contributed by atoms with van der Waals surface area (Å²) in [6.45, 7) is 4.62. The third-order valence-electron chi connectivity index (χ3n) is 3.46. The molecule has 0 aliphatic heterocycles. The van der Waals surface area contributed by atoms with Crippen LogP contribution in [0, 0.1) is 0 Å². The highest BCUT2D eigenvalue weighted by atomic mass is 28.2. The third kappa shape index (κ3) is 14.2. The fraction of sp³-hybridized carbons (Fsp3) is 1.00. The van der Waals surface area contributed by atoms with Crippen molar-refractivity contribution in [1.29, 1.82) is 0 Å². The highest BCUT2D eigenvalue weighted by Gasteiger charge is 1.93. The first-order valence-electron chi connectivity index (χ1n) is 7.91. The largest absolute Gasteiger partial charge is 0.0657 e. The highest BCUT2D eigenvalue weighted by molar-refractivity contribution is 6.35. The van der Waals surface area contributed by atoms with Crippen molar-refractivity contribution in [2.75, 3.05) is 0 Å². The van der Waals surface area contributed by atoms with Gasteiger partial charge in [0.05, 0.1) is 0 Å². The Morgan fingerprint density at radius 1 is 0.500 bits per heavy atom. The Morgan fingerprint density at radius 2 is 1.00 bits per heavy atom. The smallest absolute Gasteiger partial charge is 0.0197 e. The SMILES string of the molecule is CCCCCCCCCCCC[SiH2]CCC. The minimum absolute atomic E-state index is 0.358. The summed E-state index contributed by atoms with van der Waals surface area (Å²) < 4.78 is 0. The van der Waals surface area contributed by atoms with Gasteiger partial charge in [-0.05, 0) is 0 Å². The Hall–Kier alpha value is 0.217. The molecule has 0 atom stereocenters. The minimum Gasteiger partial charge on any atom is -0.0657 e. The van der Waals surface area contributed by atoms with Crippen LogP contribution in [0.15, 0.2) is 0 Å². The van der Waals surface area contributed by atoms with Gasteiger partial charge >= 0.3 is 0 Å². The molecule has 0 amide bonds. The maximum atomic E-state index is 2.32. The second kappa shape index (κ2) is 15.2. The van der Waals surface area contributed by atoms with E-state index in [9.17, 15) is 0 Å². The van der Waals surface area contributed by atoms with Crippen molar-refractivity contribution in [3.05, 3.63) is 0 Å². The van der Waals surface area contributed by atoms with Gasteiger partial charge in [-0.2, -0.15) is 0 Å². The van der Waals surface area contributed by atoms with Gasteiger partial charge in [-0.15, -0.1) is 0 Å². The van der Waals surface area contributed by atoms with Crippen molar-refractivity contribution in [3.63, 3.8) is 0 Å². The Bertz CT molecular complexity index is 98.0. The molecule has 0 saturated heterocycles. The number of hydrogen-bond donors (Lipinski definition) is 0. The molecule has 0 aromatic rings. The topological polar surface area (TPSA) is 0 Å². The molecule has 0 nitrogen and oxygen atoms in total. The molecular formula is C15H34Si. The molecule has 0 unspecified atom stereocenters. The van der Waals surface area contributed by atoms with Crippen LogP contribution in [0.25, 0.3) is 0 Å². The molecule has 0 radical (unpaired) electrons. The lowest BCUT2D eigenvalue weighted by Gasteiger charge is -2.02. The van der Waals surface area contributed by atoms with Crippen LogP contribution in [0.1, 0.15) is 84.5 Å². The Kier molecular flexibility index (Phi) is 15.4. The summed E-state index contributed by atoms with van der Waals surface area (Å²) in [7, 11) is 0.358. The van der Waals surface area contributed by atoms with Gasteiger partial charge in [0, 0.05) is 9.52 Å². The van der Waals surface area contributed by atoms with Gasteiger partial charge in [0.15, 0.2) is 0 Å². The van der Waals surface area contributed by atoms with E-state index >= 15 is 0 Å². The van der Waals surface area contributed by atoms with E-state index in [1.807, 2.05) is 0 Å². The molecule has 0 aliphatic rings. The van der Waals surface area contributed by atoms with Gasteiger partial charge in [0.25, 0.3) is 0 Å². The van der Waals surface area contributed by atoms with Gasteiger partial charge < -0.3 is 0 Å². The standard InChI is InChI=1S/C15H34Si/c1-3-5-6-7-8-9-10-11-12-13-15-16-14-4-2/h3-16H2,1-2H3. The van der Waals surface area contributed by atoms with Crippen molar-refractivity contribution < 1.29 is 0 Å². The van der Waals surface area contributed by atoms with Gasteiger partial charge in [-0.1, -0.05) is 96.6 Å². The van der Waals surface area contributed by atoms with E-state index in [0.29, 0.717) is 9.52 Å². The van der Waals surface area contributed by atoms with E-state index in [0.717, 1.165) is 0 Å². The fourth-order valence-corrected chi connectivity index (χ4v) is 3.83. The molecule has 1 heteroatoms. The van der Waals surface area contributed by atoms with Crippen molar-refractivity contribution >= 4 is 9.52 Å². The molecule has 98 valence electrons. The molecule has 0 spiro atoms. The van der Waals surface area contributed by atoms with Gasteiger partial charge in [-0.25, -0.2) is 0 Å². The molecule has 0 heterocycles. The van der Waals surface area contributed by atoms with Crippen LogP contribution in [0.2, 0.25) is 12.1 Å². The molecule has 0 aromatic carbocycles. The molecule has 0 aromatic heterocycles. The predicted molar refractivity (Wildman–Crippen MR) is 80.3 cm³/mol. The van der Waals surface area contributed by atoms with Crippen molar-refractivity contribution in [3.8, 4) is 0 Å². The highest BCUT2D eigenvalue weighted by Crippen LogP contribution is 2.11. The zero-order valence-corrected chi connectivity index (χ0v) is 13.3. The second-order valence-corrected chi connectivity index (χ2v) is 7.36. The maximum Gasteiger partial charge on any atom is 0.0197 e. The lowest BCUT2D eigenvalue weighted by atomic mass is 10.1. The average molecular weight is 243 g/mol. The zero-order valence-electron chi connectivity index (χ0n) is 11.9. The number of hydrogen-bond acceptors (Lipinski definition) is 0. The molecular weight excluding hydrogens is 208 g/mol. The van der Waals surface area contributed by atoms with Crippen LogP contribution in [-0.2, 0) is 0 Å². The molecule has 0 N–H and O–H groups in total. The van der Waals surface area contributed by atoms with Crippen molar-refractivity contribution in [2.24, 2.45) is 0 Å². The summed E-state index contributed by atoms with van der Waals surface area (Å²) in [5.74, 6) is 0. The summed E-state index contributed by atoms with van der Waals surface area (Å²) in [6, 6.07) is 3.20. The molecule has 0 fully saturated rings. The monoisotopic (exact) mass is 242 g/mol. The van der Waals surface area contributed by atoms with Crippen LogP contribution >= 0.6 is 0 Å². The Morgan fingerprint density at radius 3 is 1.50 bits per heavy atom. The lowest BCUT2D eigenvalue weighted by molar-refractivity contribution is 0.562. The lowest BCUT2D eigenvalue weighted by Crippen LogP contribution is -1.88. The van der Waals surface area contributed by atoms with E-state index < -0.39 is 0 Å². The average Bonchev–Trinajstić information content (AvgIpc) is 2.31. The quantitative estimate of drug-likeness (QED) is 0.303. The molecule has 16 heavy (non-hydrogen) atoms. The van der Waals surface area contributed by atoms with Crippen LogP contribution in [0.4, 0.5) is 0 Å². The van der Waals surface area contributed by atoms with Crippen molar-refractivity contribution in [2.45, 2.75) is 96.6 Å². The fourth-order valence-electron chi connectivity index (χ4n) is 2.27. The maximum absolute atomic E-state index is 2.32. The van der Waals surface area contributed by atoms with Crippen molar-refractivity contribution in [1.82, 2.24) is 0 Å². The summed E-state index contributed by atoms with van der Waals surface area (Å²) in [6.07, 6.45) is 16.3. The zero-order chi connectivity index (χ0) is 11.9. The van der Waals surface area contributed by atoms with Crippen LogP contribution < -0.4 is 0 Å². The Balaban J connectivity index is 2.83. The normalized spacial score (nSPS) is 11.6. The van der Waals surface area contributed by atoms with Gasteiger partial charge in [0.2, 0.25) is 0 Å². The van der Waals surface area contributed by atoms with E-state index in [4.69, 9.17) is 0 Å². The molecule has 0 rings (SSSR count). The molecule has 0 aliphatic carbocycles. The summed E-state index contributed by atoms with van der Waals surface area (Å²) in [4.78, 5) is 0. The third-order valence-corrected chi connectivity index (χ3v) is 5.66. The number of unbranched alkanes of at least 4 members (excludes halogenated alkanes) is 9. The first-order chi connectivity index (χ1) is 7.91. The predicted octanol–water partition coefficient (Wildman–Crippen LogP) is 5.32. The summed E-state index contributed by atoms with van der Waals surface area (Å²) in [5, 5.41) is 0. The summed E-state index contributed by atoms with van der Waals surface area (Å²) in [5.41, 5.74) is 0. The molecule has 0 bridgehead atoms. The Labute approximate surface area is 106 Å². The van der Waals surface area contributed by atoms with Gasteiger partial charge in [-0.3, -0.25) is 0 Å². The number of rotatable bonds is 13.